The van der Waals surface area contributed by atoms with Crippen molar-refractivity contribution in [1.82, 2.24) is 16.0 Å². The van der Waals surface area contributed by atoms with Crippen LogP contribution in [0.2, 0.25) is 0 Å². The molecule has 4 N–H and O–H groups in total. The van der Waals surface area contributed by atoms with E-state index in [-0.39, 0.29) is 123 Å². The van der Waals surface area contributed by atoms with E-state index in [0.717, 1.165) is 33.5 Å². The molecule has 1 saturated heterocycles. The number of carbonyl (C=O) groups excluding carboxylic acids is 6. The molecule has 1 fully saturated rings. The predicted octanol–water partition coefficient (Wildman–Crippen LogP) is 8.70. The number of halogens is 4. The number of hydrogen-bond acceptors (Lipinski definition) is 10. The van der Waals surface area contributed by atoms with Gasteiger partial charge in [0.05, 0.1) is 18.7 Å². The molecule has 14 nitrogen and oxygen atoms in total. The average molecular weight is 1080 g/mol. The van der Waals surface area contributed by atoms with Crippen molar-refractivity contribution in [1.29, 1.82) is 0 Å². The number of Topliss-reactive ketones (excluding diaryl/α,β-unsaturated/α-hetero) is 2. The van der Waals surface area contributed by atoms with Crippen LogP contribution in [0.4, 0.5) is 18.9 Å². The minimum Gasteiger partial charge on any atom is -0.489 e. The first-order valence-electron chi connectivity index (χ1n) is 24.6. The number of nitrogens with one attached hydrogen (secondary N) is 3. The van der Waals surface area contributed by atoms with Crippen molar-refractivity contribution in [3.63, 3.8) is 0 Å². The highest BCUT2D eigenvalue weighted by Crippen LogP contribution is 2.25. The number of ketones is 2. The number of nitrogens with zero attached hydrogens (tertiary/aromatic N) is 1. The molecule has 0 unspecified atom stereocenters. The molecule has 0 aromatic heterocycles. The Hall–Kier alpha value is -8.02. The lowest BCUT2D eigenvalue weighted by Crippen LogP contribution is -2.37. The van der Waals surface area contributed by atoms with Crippen molar-refractivity contribution in [2.75, 3.05) is 23.9 Å². The summed E-state index contributed by atoms with van der Waals surface area (Å²) in [5.41, 5.74) is 4.65. The minimum atomic E-state index is -0.561. The van der Waals surface area contributed by atoms with Crippen molar-refractivity contribution in [2.24, 2.45) is 0 Å². The number of aliphatic hydroxyl groups is 1. The quantitative estimate of drug-likeness (QED) is 0.0452. The summed E-state index contributed by atoms with van der Waals surface area (Å²) in [6, 6.07) is 39.0. The largest absolute Gasteiger partial charge is 0.489 e. The second-order valence-corrected chi connectivity index (χ2v) is 18.4. The third kappa shape index (κ3) is 22.4. The Balaban J connectivity index is 0.000000213. The average Bonchev–Trinajstić information content (AvgIpc) is 3.76. The van der Waals surface area contributed by atoms with Crippen molar-refractivity contribution in [3.8, 4) is 17.2 Å². The van der Waals surface area contributed by atoms with Crippen molar-refractivity contribution < 1.29 is 61.3 Å². The van der Waals surface area contributed by atoms with E-state index >= 15 is 0 Å². The molecule has 1 aliphatic heterocycles. The van der Waals surface area contributed by atoms with Gasteiger partial charge in [0.1, 0.15) is 66.1 Å². The maximum atomic E-state index is 13.1. The zero-order valence-corrected chi connectivity index (χ0v) is 43.7. The SMILES string of the molecule is CC(=O)N[C@@H]1CC(=O)N(c2ccc(OCc3cccc(F)c3)cc2)C1.CC(=O)N[C@H](CCl)CC(=O)Cc1ccc(OCc2cccc(F)c2)cc1.CC(=O)N[C@H](CO)CC(=O)Cc1ccc(OCc2cccc(F)c2)cc1. The number of benzene rings is 6. The molecule has 1 aliphatic rings. The van der Waals surface area contributed by atoms with E-state index in [1.807, 2.05) is 12.1 Å². The molecule has 0 aliphatic carbocycles. The van der Waals surface area contributed by atoms with Gasteiger partial charge >= 0.3 is 0 Å². The first kappa shape index (κ1) is 59.9. The number of carbonyl (C=O) groups is 6. The van der Waals surface area contributed by atoms with E-state index in [2.05, 4.69) is 16.0 Å². The van der Waals surface area contributed by atoms with Crippen LogP contribution in [-0.2, 0) is 61.4 Å². The molecule has 18 heteroatoms. The summed E-state index contributed by atoms with van der Waals surface area (Å²) in [5.74, 6) is 0.472. The van der Waals surface area contributed by atoms with Gasteiger partial charge in [0.2, 0.25) is 23.6 Å². The summed E-state index contributed by atoms with van der Waals surface area (Å²) in [5, 5.41) is 17.1. The maximum absolute atomic E-state index is 13.1. The van der Waals surface area contributed by atoms with Crippen LogP contribution in [0.5, 0.6) is 17.2 Å². The Morgan fingerprint density at radius 2 is 0.961 bits per heavy atom. The van der Waals surface area contributed by atoms with Crippen LogP contribution in [0.25, 0.3) is 0 Å². The Morgan fingerprint density at radius 1 is 0.571 bits per heavy atom. The lowest BCUT2D eigenvalue weighted by molar-refractivity contribution is -0.123. The topological polar surface area (TPSA) is 190 Å². The van der Waals surface area contributed by atoms with Crippen LogP contribution in [0.15, 0.2) is 146 Å². The zero-order chi connectivity index (χ0) is 55.7. The summed E-state index contributed by atoms with van der Waals surface area (Å²) >= 11 is 5.77. The van der Waals surface area contributed by atoms with E-state index in [4.69, 9.17) is 25.8 Å². The van der Waals surface area contributed by atoms with Gasteiger partial charge < -0.3 is 40.2 Å². The predicted molar refractivity (Wildman–Crippen MR) is 286 cm³/mol. The summed E-state index contributed by atoms with van der Waals surface area (Å²) in [6.07, 6.45) is 1.05. The first-order chi connectivity index (χ1) is 36.9. The molecule has 0 radical (unpaired) electrons. The molecule has 0 spiro atoms. The Labute approximate surface area is 450 Å². The molecule has 0 saturated carbocycles. The normalized spacial score (nSPS) is 13.3. The summed E-state index contributed by atoms with van der Waals surface area (Å²) < 4.78 is 56.3. The summed E-state index contributed by atoms with van der Waals surface area (Å²) in [6.45, 7) is 5.15. The third-order valence-electron chi connectivity index (χ3n) is 11.4. The van der Waals surface area contributed by atoms with Crippen molar-refractivity contribution in [3.05, 3.63) is 191 Å². The van der Waals surface area contributed by atoms with Crippen LogP contribution in [0.3, 0.4) is 0 Å². The highest BCUT2D eigenvalue weighted by atomic mass is 35.5. The van der Waals surface area contributed by atoms with Crippen LogP contribution in [0.1, 0.15) is 67.9 Å². The molecule has 0 bridgehead atoms. The first-order valence-corrected chi connectivity index (χ1v) is 25.2. The number of amides is 4. The molecule has 4 amide bonds. The molecular formula is C59H62ClF3N4O10. The van der Waals surface area contributed by atoms with Gasteiger partial charge in [-0.3, -0.25) is 28.8 Å². The summed E-state index contributed by atoms with van der Waals surface area (Å²) in [4.78, 5) is 71.1. The lowest BCUT2D eigenvalue weighted by atomic mass is 10.0. The van der Waals surface area contributed by atoms with Gasteiger partial charge in [0, 0.05) is 77.0 Å². The Morgan fingerprint density at radius 3 is 1.32 bits per heavy atom. The third-order valence-corrected chi connectivity index (χ3v) is 11.8. The van der Waals surface area contributed by atoms with Crippen LogP contribution >= 0.6 is 11.6 Å². The zero-order valence-electron chi connectivity index (χ0n) is 42.9. The van der Waals surface area contributed by atoms with Gasteiger partial charge in [-0.2, -0.15) is 0 Å². The van der Waals surface area contributed by atoms with Crippen molar-refractivity contribution in [2.45, 2.75) is 90.8 Å². The maximum Gasteiger partial charge on any atom is 0.229 e. The number of ether oxygens (including phenoxy) is 3. The second kappa shape index (κ2) is 31.1. The molecule has 6 aromatic rings. The highest BCUT2D eigenvalue weighted by molar-refractivity contribution is 6.18. The Bertz CT molecular complexity index is 2760. The monoisotopic (exact) mass is 1080 g/mol. The van der Waals surface area contributed by atoms with Gasteiger partial charge in [0.25, 0.3) is 0 Å². The van der Waals surface area contributed by atoms with E-state index in [9.17, 15) is 47.0 Å². The number of hydrogen-bond donors (Lipinski definition) is 4. The molecule has 6 aromatic carbocycles. The fourth-order valence-corrected chi connectivity index (χ4v) is 8.07. The van der Waals surface area contributed by atoms with Crippen molar-refractivity contribution >= 4 is 52.5 Å². The number of rotatable bonds is 23. The lowest BCUT2D eigenvalue weighted by Gasteiger charge is -2.17. The number of aliphatic hydroxyl groups excluding tert-OH is 1. The number of anilines is 1. The van der Waals surface area contributed by atoms with Gasteiger partial charge in [0.15, 0.2) is 0 Å². The van der Waals surface area contributed by atoms with Gasteiger partial charge in [-0.15, -0.1) is 11.6 Å². The van der Waals surface area contributed by atoms with E-state index in [1.54, 1.807) is 102 Å². The molecule has 77 heavy (non-hydrogen) atoms. The van der Waals surface area contributed by atoms with Gasteiger partial charge in [-0.1, -0.05) is 60.7 Å². The molecular weight excluding hydrogens is 1020 g/mol. The Kier molecular flexibility index (Phi) is 24.2. The van der Waals surface area contributed by atoms with Gasteiger partial charge in [-0.25, -0.2) is 13.2 Å². The van der Waals surface area contributed by atoms with E-state index < -0.39 is 6.04 Å². The number of alkyl halides is 1. The van der Waals surface area contributed by atoms with E-state index in [0.29, 0.717) is 30.2 Å². The second-order valence-electron chi connectivity index (χ2n) is 18.1. The molecule has 7 rings (SSSR count). The van der Waals surface area contributed by atoms with Crippen LogP contribution in [-0.4, -0.2) is 77.5 Å². The molecule has 3 atom stereocenters. The van der Waals surface area contributed by atoms with E-state index in [1.165, 1.54) is 57.2 Å². The standard InChI is InChI=1S/C20H21ClFNO3.C20H22FNO4.C19H19FN2O3/c1-14(24)23-18(12-21)11-19(25)10-15-5-7-20(8-6-15)26-13-16-3-2-4-17(22)9-16;1-14(24)22-18(12-23)11-19(25)10-15-5-7-20(8-6-15)26-13-16-3-2-4-17(21)9-16;1-13(23)21-16-10-19(24)22(11-16)17-5-7-18(8-6-17)25-12-14-3-2-4-15(20)9-14/h2-9,18H,10-13H2,1H3,(H,23,24);2-9,18,23H,10-13H2,1H3,(H,22,24);2-9,16H,10-12H2,1H3,(H,21,23)/t2*18-;16-/m001/s1. The van der Waals surface area contributed by atoms with Crippen LogP contribution < -0.4 is 35.1 Å². The van der Waals surface area contributed by atoms with Gasteiger partial charge in [-0.05, 0) is 113 Å². The molecule has 406 valence electrons. The fourth-order valence-electron chi connectivity index (χ4n) is 7.88. The van der Waals surface area contributed by atoms with Crippen LogP contribution in [0, 0.1) is 17.5 Å². The highest BCUT2D eigenvalue weighted by Gasteiger charge is 2.31. The minimum absolute atomic E-state index is 0.00201. The molecule has 1 heterocycles. The summed E-state index contributed by atoms with van der Waals surface area (Å²) in [7, 11) is 0. The fraction of sp³-hybridized carbons (Fsp3) is 0.288. The smallest absolute Gasteiger partial charge is 0.229 e.